The van der Waals surface area contributed by atoms with Crippen LogP contribution >= 0.6 is 0 Å². The predicted octanol–water partition coefficient (Wildman–Crippen LogP) is 5.11. The molecule has 4 saturated carbocycles. The second-order valence-electron chi connectivity index (χ2n) is 10.5. The lowest BCUT2D eigenvalue weighted by molar-refractivity contribution is -0.141. The minimum atomic E-state index is -0.114. The quantitative estimate of drug-likeness (QED) is 0.664. The van der Waals surface area contributed by atoms with Crippen LogP contribution < -0.4 is 0 Å². The lowest BCUT2D eigenvalue weighted by atomic mass is 9.44. The molecular weight excluding hydrogens is 308 g/mol. The molecule has 0 amide bonds. The van der Waals surface area contributed by atoms with Crippen LogP contribution in [0.2, 0.25) is 0 Å². The fraction of sp³-hybridized carbons (Fsp3) is 0.826. The van der Waals surface area contributed by atoms with Crippen molar-refractivity contribution < 1.29 is 9.59 Å². The number of carbonyl (C=O) groups excluding carboxylic acids is 2. The van der Waals surface area contributed by atoms with Crippen LogP contribution in [0.25, 0.3) is 0 Å². The molecule has 1 spiro atoms. The van der Waals surface area contributed by atoms with Gasteiger partial charge in [0.05, 0.1) is 0 Å². The summed E-state index contributed by atoms with van der Waals surface area (Å²) in [6, 6.07) is 0. The molecular formula is C23H32O2. The molecule has 0 radical (unpaired) electrons. The topological polar surface area (TPSA) is 34.1 Å². The van der Waals surface area contributed by atoms with Crippen LogP contribution in [-0.4, -0.2) is 11.6 Å². The number of rotatable bonds is 1. The SMILES string of the molecule is CC(=O)[C@@]1(C)CC[C@H]2[C@@H]3CCC4=CC(=O)CC[C@@]45CC[C@@H](C[C@@]21C)[C@@H]35. The van der Waals surface area contributed by atoms with Gasteiger partial charge in [-0.25, -0.2) is 0 Å². The van der Waals surface area contributed by atoms with Crippen LogP contribution in [0.4, 0.5) is 0 Å². The number of hydrogen-bond donors (Lipinski definition) is 0. The highest BCUT2D eigenvalue weighted by Gasteiger charge is 2.68. The molecule has 0 heterocycles. The summed E-state index contributed by atoms with van der Waals surface area (Å²) in [5, 5.41) is 0. The van der Waals surface area contributed by atoms with E-state index in [0.717, 1.165) is 49.4 Å². The molecule has 25 heavy (non-hydrogen) atoms. The molecule has 0 saturated heterocycles. The molecule has 5 rings (SSSR count). The van der Waals surface area contributed by atoms with Crippen LogP contribution in [0.3, 0.4) is 0 Å². The lowest BCUT2D eigenvalue weighted by Crippen LogP contribution is -2.54. The van der Waals surface area contributed by atoms with E-state index in [0.29, 0.717) is 17.0 Å². The molecule has 0 aromatic heterocycles. The van der Waals surface area contributed by atoms with Crippen molar-refractivity contribution in [3.05, 3.63) is 11.6 Å². The summed E-state index contributed by atoms with van der Waals surface area (Å²) in [5.41, 5.74) is 1.96. The first-order chi connectivity index (χ1) is 11.8. The zero-order valence-electron chi connectivity index (χ0n) is 16.1. The Morgan fingerprint density at radius 2 is 1.88 bits per heavy atom. The van der Waals surface area contributed by atoms with Gasteiger partial charge < -0.3 is 0 Å². The first-order valence-electron chi connectivity index (χ1n) is 10.6. The molecule has 7 atom stereocenters. The Morgan fingerprint density at radius 3 is 2.64 bits per heavy atom. The second kappa shape index (κ2) is 4.87. The summed E-state index contributed by atoms with van der Waals surface area (Å²) in [6.07, 6.45) is 12.5. The first-order valence-corrected chi connectivity index (χ1v) is 10.6. The number of carbonyl (C=O) groups is 2. The summed E-state index contributed by atoms with van der Waals surface area (Å²) in [4.78, 5) is 24.6. The van der Waals surface area contributed by atoms with E-state index in [2.05, 4.69) is 13.8 Å². The first kappa shape index (κ1) is 16.3. The Morgan fingerprint density at radius 1 is 1.08 bits per heavy atom. The van der Waals surface area contributed by atoms with Crippen molar-refractivity contribution in [2.75, 3.05) is 0 Å². The minimum Gasteiger partial charge on any atom is -0.299 e. The molecule has 0 N–H and O–H groups in total. The minimum absolute atomic E-state index is 0.114. The van der Waals surface area contributed by atoms with Gasteiger partial charge in [-0.15, -0.1) is 0 Å². The molecule has 5 aliphatic carbocycles. The molecule has 0 unspecified atom stereocenters. The number of allylic oxidation sites excluding steroid dienone is 1. The highest BCUT2D eigenvalue weighted by atomic mass is 16.1. The molecule has 0 aliphatic heterocycles. The van der Waals surface area contributed by atoms with Crippen LogP contribution in [0, 0.1) is 39.9 Å². The van der Waals surface area contributed by atoms with Gasteiger partial charge >= 0.3 is 0 Å². The van der Waals surface area contributed by atoms with Crippen molar-refractivity contribution in [2.24, 2.45) is 39.9 Å². The maximum absolute atomic E-state index is 12.6. The molecule has 2 nitrogen and oxygen atoms in total. The van der Waals surface area contributed by atoms with Crippen LogP contribution in [0.1, 0.15) is 78.6 Å². The van der Waals surface area contributed by atoms with Crippen molar-refractivity contribution in [1.29, 1.82) is 0 Å². The third kappa shape index (κ3) is 1.77. The van der Waals surface area contributed by atoms with E-state index in [9.17, 15) is 9.59 Å². The van der Waals surface area contributed by atoms with Crippen LogP contribution in [0.5, 0.6) is 0 Å². The van der Waals surface area contributed by atoms with E-state index < -0.39 is 0 Å². The van der Waals surface area contributed by atoms with Crippen LogP contribution in [0.15, 0.2) is 11.6 Å². The Labute approximate surface area is 151 Å². The van der Waals surface area contributed by atoms with E-state index >= 15 is 0 Å². The molecule has 2 heteroatoms. The summed E-state index contributed by atoms with van der Waals surface area (Å²) >= 11 is 0. The lowest BCUT2D eigenvalue weighted by Gasteiger charge is -2.59. The summed E-state index contributed by atoms with van der Waals surface area (Å²) in [7, 11) is 0. The third-order valence-corrected chi connectivity index (χ3v) is 10.1. The maximum Gasteiger partial charge on any atom is 0.155 e. The van der Waals surface area contributed by atoms with E-state index in [1.54, 1.807) is 0 Å². The molecule has 5 aliphatic rings. The second-order valence-corrected chi connectivity index (χ2v) is 10.5. The van der Waals surface area contributed by atoms with E-state index in [4.69, 9.17) is 0 Å². The van der Waals surface area contributed by atoms with Gasteiger partial charge in [0.2, 0.25) is 0 Å². The van der Waals surface area contributed by atoms with Crippen molar-refractivity contribution >= 4 is 11.6 Å². The average Bonchev–Trinajstić information content (AvgIpc) is 3.06. The van der Waals surface area contributed by atoms with Gasteiger partial charge in [-0.05, 0) is 98.9 Å². The molecule has 136 valence electrons. The van der Waals surface area contributed by atoms with Gasteiger partial charge in [-0.3, -0.25) is 9.59 Å². The number of hydrogen-bond acceptors (Lipinski definition) is 2. The van der Waals surface area contributed by atoms with E-state index in [1.807, 2.05) is 13.0 Å². The Kier molecular flexibility index (Phi) is 3.17. The predicted molar refractivity (Wildman–Crippen MR) is 97.9 cm³/mol. The summed E-state index contributed by atoms with van der Waals surface area (Å²) < 4.78 is 0. The van der Waals surface area contributed by atoms with Gasteiger partial charge in [0, 0.05) is 11.8 Å². The Balaban J connectivity index is 1.58. The summed E-state index contributed by atoms with van der Waals surface area (Å²) in [6.45, 7) is 6.57. The zero-order chi connectivity index (χ0) is 17.6. The van der Waals surface area contributed by atoms with Crippen molar-refractivity contribution in [1.82, 2.24) is 0 Å². The van der Waals surface area contributed by atoms with E-state index in [1.165, 1.54) is 37.7 Å². The average molecular weight is 341 g/mol. The monoisotopic (exact) mass is 340 g/mol. The highest BCUT2D eigenvalue weighted by Crippen LogP contribution is 2.74. The van der Waals surface area contributed by atoms with Crippen molar-refractivity contribution in [3.63, 3.8) is 0 Å². The molecule has 0 aromatic carbocycles. The highest BCUT2D eigenvalue weighted by molar-refractivity contribution is 5.91. The fourth-order valence-electron chi connectivity index (χ4n) is 8.73. The number of ketones is 2. The van der Waals surface area contributed by atoms with Gasteiger partial charge in [0.25, 0.3) is 0 Å². The maximum atomic E-state index is 12.6. The zero-order valence-corrected chi connectivity index (χ0v) is 16.1. The third-order valence-electron chi connectivity index (χ3n) is 10.1. The number of Topliss-reactive ketones (excluding diaryl/α,β-unsaturated/α-hetero) is 1. The summed E-state index contributed by atoms with van der Waals surface area (Å²) in [5.74, 6) is 3.87. The van der Waals surface area contributed by atoms with Crippen molar-refractivity contribution in [3.8, 4) is 0 Å². The van der Waals surface area contributed by atoms with Gasteiger partial charge in [0.15, 0.2) is 5.78 Å². The molecule has 4 fully saturated rings. The standard InChI is InChI=1S/C23H32O2/c1-14(24)21(2)9-8-19-18-5-4-16-12-17(25)7-11-23(16)10-6-15(20(18)23)13-22(19,21)3/h12,15,18-20H,4-11,13H2,1-3H3/t15-,18-,19-,20-,21+,22-,23-/m0/s1. The molecule has 0 bridgehead atoms. The van der Waals surface area contributed by atoms with Gasteiger partial charge in [-0.2, -0.15) is 0 Å². The van der Waals surface area contributed by atoms with Crippen molar-refractivity contribution in [2.45, 2.75) is 78.6 Å². The molecule has 0 aromatic rings. The smallest absolute Gasteiger partial charge is 0.155 e. The van der Waals surface area contributed by atoms with Gasteiger partial charge in [-0.1, -0.05) is 19.4 Å². The van der Waals surface area contributed by atoms with E-state index in [-0.39, 0.29) is 10.8 Å². The largest absolute Gasteiger partial charge is 0.299 e. The fourth-order valence-corrected chi connectivity index (χ4v) is 8.73. The normalized spacial score (nSPS) is 53.7. The Hall–Kier alpha value is -0.920. The number of fused-ring (bicyclic) bond motifs is 2. The van der Waals surface area contributed by atoms with Crippen LogP contribution in [-0.2, 0) is 9.59 Å². The Bertz CT molecular complexity index is 690. The van der Waals surface area contributed by atoms with Gasteiger partial charge in [0.1, 0.15) is 5.78 Å².